The van der Waals surface area contributed by atoms with E-state index in [1.165, 1.54) is 21.6 Å². The van der Waals surface area contributed by atoms with E-state index >= 15 is 0 Å². The summed E-state index contributed by atoms with van der Waals surface area (Å²) in [7, 11) is 0. The molecule has 2 atom stereocenters. The molecule has 0 aliphatic heterocycles. The Hall–Kier alpha value is -6.52. The van der Waals surface area contributed by atoms with Gasteiger partial charge in [-0.2, -0.15) is 0 Å². The molecule has 2 aliphatic carbocycles. The molecule has 2 aliphatic rings. The number of hydrogen-bond donors (Lipinski definition) is 0. The van der Waals surface area contributed by atoms with E-state index in [4.69, 9.17) is 15.0 Å². The molecule has 9 rings (SSSR count). The highest BCUT2D eigenvalue weighted by molar-refractivity contribution is 5.77. The Balaban J connectivity index is 1.25. The van der Waals surface area contributed by atoms with Gasteiger partial charge < -0.3 is 0 Å². The molecule has 2 heterocycles. The van der Waals surface area contributed by atoms with Crippen molar-refractivity contribution in [3.63, 3.8) is 0 Å². The molecule has 0 fully saturated rings. The Labute approximate surface area is 291 Å². The van der Waals surface area contributed by atoms with E-state index in [-0.39, 0.29) is 11.8 Å². The van der Waals surface area contributed by atoms with Crippen LogP contribution < -0.4 is 10.4 Å². The Kier molecular flexibility index (Phi) is 7.60. The summed E-state index contributed by atoms with van der Waals surface area (Å²) in [4.78, 5) is 19.8. The second kappa shape index (κ2) is 12.8. The van der Waals surface area contributed by atoms with Crippen molar-refractivity contribution in [2.24, 2.45) is 5.92 Å². The zero-order valence-electron chi connectivity index (χ0n) is 27.3. The van der Waals surface area contributed by atoms with Crippen LogP contribution in [0.25, 0.3) is 68.2 Å². The fourth-order valence-corrected chi connectivity index (χ4v) is 7.09. The first-order valence-corrected chi connectivity index (χ1v) is 17.0. The average molecular weight is 641 g/mol. The van der Waals surface area contributed by atoms with Gasteiger partial charge in [-0.05, 0) is 57.0 Å². The third-order valence-electron chi connectivity index (χ3n) is 9.56. The van der Waals surface area contributed by atoms with Gasteiger partial charge in [0, 0.05) is 40.3 Å². The lowest BCUT2D eigenvalue weighted by atomic mass is 9.74. The number of benzene rings is 5. The monoisotopic (exact) mass is 640 g/mol. The fraction of sp³-hybridized carbons (Fsp3) is 0.0435. The first-order chi connectivity index (χ1) is 24.8. The summed E-state index contributed by atoms with van der Waals surface area (Å²) >= 11 is 0. The summed E-state index contributed by atoms with van der Waals surface area (Å²) in [5, 5.41) is 2.56. The summed E-state index contributed by atoms with van der Waals surface area (Å²) in [5.41, 5.74) is 9.68. The van der Waals surface area contributed by atoms with Crippen LogP contribution in [0.4, 0.5) is 0 Å². The number of rotatable bonds is 6. The zero-order valence-corrected chi connectivity index (χ0v) is 27.3. The third kappa shape index (κ3) is 5.67. The first kappa shape index (κ1) is 29.6. The molecule has 4 heteroatoms. The van der Waals surface area contributed by atoms with Gasteiger partial charge in [-0.3, -0.25) is 4.98 Å². The lowest BCUT2D eigenvalue weighted by molar-refractivity contribution is 0.742. The van der Waals surface area contributed by atoms with Crippen LogP contribution >= 0.6 is 0 Å². The predicted molar refractivity (Wildman–Crippen MR) is 203 cm³/mol. The average Bonchev–Trinajstić information content (AvgIpc) is 3.21. The molecule has 0 saturated heterocycles. The van der Waals surface area contributed by atoms with Crippen molar-refractivity contribution < 1.29 is 0 Å². The van der Waals surface area contributed by atoms with Crippen LogP contribution in [0, 0.1) is 5.92 Å². The maximum Gasteiger partial charge on any atom is 0.164 e. The van der Waals surface area contributed by atoms with Crippen LogP contribution in [0.15, 0.2) is 176 Å². The fourth-order valence-electron chi connectivity index (χ4n) is 7.09. The molecule has 50 heavy (non-hydrogen) atoms. The molecule has 0 spiro atoms. The van der Waals surface area contributed by atoms with Gasteiger partial charge in [0.25, 0.3) is 0 Å². The number of aromatic nitrogens is 4. The molecular formula is C46H32N4. The van der Waals surface area contributed by atoms with E-state index in [0.29, 0.717) is 17.5 Å². The van der Waals surface area contributed by atoms with Crippen LogP contribution in [0.1, 0.15) is 11.5 Å². The molecule has 0 saturated carbocycles. The Morgan fingerprint density at radius 3 is 1.76 bits per heavy atom. The van der Waals surface area contributed by atoms with Crippen LogP contribution in [-0.4, -0.2) is 19.9 Å². The van der Waals surface area contributed by atoms with E-state index in [2.05, 4.69) is 102 Å². The number of hydrogen-bond acceptors (Lipinski definition) is 4. The minimum absolute atomic E-state index is 0.122. The normalized spacial score (nSPS) is 16.0. The third-order valence-corrected chi connectivity index (χ3v) is 9.56. The van der Waals surface area contributed by atoms with Gasteiger partial charge >= 0.3 is 0 Å². The topological polar surface area (TPSA) is 51.6 Å². The van der Waals surface area contributed by atoms with E-state index in [0.717, 1.165) is 39.1 Å². The van der Waals surface area contributed by atoms with Gasteiger partial charge in [0.15, 0.2) is 17.5 Å². The summed E-state index contributed by atoms with van der Waals surface area (Å²) in [6, 6.07) is 50.5. The van der Waals surface area contributed by atoms with Gasteiger partial charge in [-0.1, -0.05) is 152 Å². The summed E-state index contributed by atoms with van der Waals surface area (Å²) in [6.45, 7) is 0. The van der Waals surface area contributed by atoms with Crippen LogP contribution in [-0.2, 0) is 0 Å². The standard InChI is InChI=1S/C46H32N4/c1-3-13-33(14-4-1)44-48-45(34-15-5-2-6-16-34)50-46(49-44)38-28-36(31-22-24-32(25-23-31)43-21-11-12-26-47-43)27-37(29-38)42-30-35-17-7-8-18-39(35)40-19-9-10-20-41(40)42/h1-30,41-42H. The molecule has 0 bridgehead atoms. The number of pyridine rings is 1. The minimum atomic E-state index is 0.122. The van der Waals surface area contributed by atoms with E-state index in [1.54, 1.807) is 0 Å². The second-order valence-electron chi connectivity index (χ2n) is 12.7. The Morgan fingerprint density at radius 1 is 0.440 bits per heavy atom. The van der Waals surface area contributed by atoms with E-state index < -0.39 is 0 Å². The number of nitrogens with zero attached hydrogens (tertiary/aromatic N) is 4. The maximum absolute atomic E-state index is 5.12. The molecule has 0 amide bonds. The van der Waals surface area contributed by atoms with Gasteiger partial charge in [0.05, 0.1) is 5.69 Å². The minimum Gasteiger partial charge on any atom is -0.256 e. The molecular weight excluding hydrogens is 609 g/mol. The number of allylic oxidation sites excluding steroid dienone is 4. The first-order valence-electron chi connectivity index (χ1n) is 17.0. The highest BCUT2D eigenvalue weighted by Gasteiger charge is 2.27. The molecule has 2 unspecified atom stereocenters. The molecule has 0 radical (unpaired) electrons. The van der Waals surface area contributed by atoms with Crippen molar-refractivity contribution in [1.82, 2.24) is 19.9 Å². The lowest BCUT2D eigenvalue weighted by Crippen LogP contribution is -2.35. The lowest BCUT2D eigenvalue weighted by Gasteiger charge is -2.29. The molecule has 2 aromatic heterocycles. The highest BCUT2D eigenvalue weighted by atomic mass is 15.0. The molecule has 236 valence electrons. The van der Waals surface area contributed by atoms with Crippen LogP contribution in [0.5, 0.6) is 0 Å². The SMILES string of the molecule is C1=CC2=c3ccccc3=CC(c3cc(-c4ccc(-c5ccccn5)cc4)cc(-c4nc(-c5ccccc5)nc(-c5ccccc5)n4)c3)C2C=C1. The largest absolute Gasteiger partial charge is 0.256 e. The van der Waals surface area contributed by atoms with Crippen molar-refractivity contribution in [1.29, 1.82) is 0 Å². The van der Waals surface area contributed by atoms with Gasteiger partial charge in [0.1, 0.15) is 0 Å². The van der Waals surface area contributed by atoms with Crippen molar-refractivity contribution >= 4 is 11.6 Å². The summed E-state index contributed by atoms with van der Waals surface area (Å²) < 4.78 is 0. The van der Waals surface area contributed by atoms with Crippen molar-refractivity contribution in [2.45, 2.75) is 5.92 Å². The van der Waals surface area contributed by atoms with Gasteiger partial charge in [-0.15, -0.1) is 0 Å². The summed E-state index contributed by atoms with van der Waals surface area (Å²) in [6.07, 6.45) is 13.2. The van der Waals surface area contributed by atoms with E-state index in [1.807, 2.05) is 85.1 Å². The summed E-state index contributed by atoms with van der Waals surface area (Å²) in [5.74, 6) is 2.27. The second-order valence-corrected chi connectivity index (χ2v) is 12.7. The van der Waals surface area contributed by atoms with Crippen molar-refractivity contribution in [3.8, 4) is 56.5 Å². The van der Waals surface area contributed by atoms with Gasteiger partial charge in [0.2, 0.25) is 0 Å². The smallest absolute Gasteiger partial charge is 0.164 e. The van der Waals surface area contributed by atoms with Crippen molar-refractivity contribution in [2.75, 3.05) is 0 Å². The maximum atomic E-state index is 5.12. The van der Waals surface area contributed by atoms with Gasteiger partial charge in [-0.25, -0.2) is 15.0 Å². The Bertz CT molecular complexity index is 2460. The molecule has 5 aromatic carbocycles. The van der Waals surface area contributed by atoms with Crippen LogP contribution in [0.2, 0.25) is 0 Å². The molecule has 7 aromatic rings. The highest BCUT2D eigenvalue weighted by Crippen LogP contribution is 2.40. The van der Waals surface area contributed by atoms with Crippen LogP contribution in [0.3, 0.4) is 0 Å². The number of fused-ring (bicyclic) bond motifs is 2. The van der Waals surface area contributed by atoms with Crippen molar-refractivity contribution in [3.05, 3.63) is 192 Å². The molecule has 0 N–H and O–H groups in total. The Morgan fingerprint density at radius 2 is 1.06 bits per heavy atom. The van der Waals surface area contributed by atoms with E-state index in [9.17, 15) is 0 Å². The predicted octanol–water partition coefficient (Wildman–Crippen LogP) is 9.07. The zero-order chi connectivity index (χ0) is 33.3. The quantitative estimate of drug-likeness (QED) is 0.182. The molecule has 4 nitrogen and oxygen atoms in total.